The number of carbonyl (C=O) groups is 2. The van der Waals surface area contributed by atoms with Crippen molar-refractivity contribution < 1.29 is 24.2 Å². The lowest BCUT2D eigenvalue weighted by molar-refractivity contribution is -0.197. The quantitative estimate of drug-likeness (QED) is 0.530. The van der Waals surface area contributed by atoms with E-state index >= 15 is 0 Å². The third-order valence-corrected chi connectivity index (χ3v) is 11.3. The van der Waals surface area contributed by atoms with Gasteiger partial charge in [-0.3, -0.25) is 14.6 Å². The monoisotopic (exact) mass is 523 g/mol. The van der Waals surface area contributed by atoms with Crippen molar-refractivity contribution in [1.29, 1.82) is 0 Å². The van der Waals surface area contributed by atoms with Crippen LogP contribution in [0.2, 0.25) is 0 Å². The van der Waals surface area contributed by atoms with E-state index in [9.17, 15) is 14.7 Å². The van der Waals surface area contributed by atoms with Gasteiger partial charge in [0.25, 0.3) is 0 Å². The van der Waals surface area contributed by atoms with Crippen molar-refractivity contribution in [2.75, 3.05) is 5.75 Å². The molecule has 5 aliphatic rings. The van der Waals surface area contributed by atoms with Crippen LogP contribution >= 0.6 is 11.8 Å². The topological polar surface area (TPSA) is 85.7 Å². The van der Waals surface area contributed by atoms with E-state index < -0.39 is 17.1 Å². The molecule has 2 heterocycles. The zero-order chi connectivity index (χ0) is 26.0. The van der Waals surface area contributed by atoms with E-state index in [2.05, 4.69) is 25.8 Å². The molecule has 0 amide bonds. The predicted octanol–water partition coefficient (Wildman–Crippen LogP) is 4.91. The third-order valence-electron chi connectivity index (χ3n) is 10.2. The zero-order valence-corrected chi connectivity index (χ0v) is 22.7. The van der Waals surface area contributed by atoms with Gasteiger partial charge in [-0.05, 0) is 68.2 Å². The van der Waals surface area contributed by atoms with Gasteiger partial charge in [-0.15, -0.1) is 11.8 Å². The van der Waals surface area contributed by atoms with Crippen molar-refractivity contribution in [3.8, 4) is 0 Å². The molecule has 9 atom stereocenters. The Kier molecular flexibility index (Phi) is 6.30. The van der Waals surface area contributed by atoms with Crippen LogP contribution in [0, 0.1) is 28.6 Å². The maximum Gasteiger partial charge on any atom is 0.178 e. The van der Waals surface area contributed by atoms with Gasteiger partial charge < -0.3 is 14.6 Å². The lowest BCUT2D eigenvalue weighted by Gasteiger charge is -2.59. The molecule has 198 valence electrons. The highest BCUT2D eigenvalue weighted by Crippen LogP contribution is 2.69. The van der Waals surface area contributed by atoms with Crippen LogP contribution in [0.25, 0.3) is 0 Å². The van der Waals surface area contributed by atoms with E-state index in [1.807, 2.05) is 18.2 Å². The number of fused-ring (bicyclic) bond motifs is 7. The summed E-state index contributed by atoms with van der Waals surface area (Å²) in [4.78, 5) is 31.5. The second-order valence-corrected chi connectivity index (χ2v) is 13.1. The van der Waals surface area contributed by atoms with Crippen LogP contribution in [0.1, 0.15) is 59.3 Å². The number of nitrogens with zero attached hydrogens (tertiary/aromatic N) is 1. The first-order chi connectivity index (χ1) is 17.7. The van der Waals surface area contributed by atoms with Gasteiger partial charge in [0, 0.05) is 34.0 Å². The van der Waals surface area contributed by atoms with Crippen LogP contribution in [-0.4, -0.2) is 51.5 Å². The fourth-order valence-electron chi connectivity index (χ4n) is 8.70. The second kappa shape index (κ2) is 9.15. The Balaban J connectivity index is 1.35. The standard InChI is InChI=1S/C30H37NO5S/c1-4-5-26-35-25-15-22-21-7-6-18-14-19(32)8-11-28(18,2)27(21)23(33)16-29(22,3)30(25,36-26)24(34)17-37-20-9-12-31-13-10-20/h8-14,21-23,25-27,33H,4-7,15-17H2,1-3H3/t21?,22?,23-,25+,26+,27?,28?,29?,30+/m0/s1. The molecule has 4 aliphatic carbocycles. The molecule has 0 bridgehead atoms. The van der Waals surface area contributed by atoms with Crippen molar-refractivity contribution >= 4 is 23.3 Å². The number of Topliss-reactive ketones (excluding diaryl/α,β-unsaturated/α-hetero) is 1. The minimum Gasteiger partial charge on any atom is -0.393 e. The zero-order valence-electron chi connectivity index (χ0n) is 21.9. The fourth-order valence-corrected chi connectivity index (χ4v) is 9.52. The molecule has 6 rings (SSSR count). The van der Waals surface area contributed by atoms with Crippen LogP contribution in [-0.2, 0) is 19.1 Å². The first kappa shape index (κ1) is 25.5. The predicted molar refractivity (Wildman–Crippen MR) is 141 cm³/mol. The Morgan fingerprint density at radius 1 is 1.27 bits per heavy atom. The number of rotatable bonds is 6. The van der Waals surface area contributed by atoms with Crippen LogP contribution in [0.5, 0.6) is 0 Å². The molecule has 1 aromatic heterocycles. The highest BCUT2D eigenvalue weighted by atomic mass is 32.2. The van der Waals surface area contributed by atoms with Crippen molar-refractivity contribution in [2.24, 2.45) is 28.6 Å². The van der Waals surface area contributed by atoms with Gasteiger partial charge >= 0.3 is 0 Å². The maximum absolute atomic E-state index is 14.2. The lowest BCUT2D eigenvalue weighted by Crippen LogP contribution is -2.63. The van der Waals surface area contributed by atoms with E-state index in [1.54, 1.807) is 24.5 Å². The summed E-state index contributed by atoms with van der Waals surface area (Å²) in [5.41, 5.74) is -0.783. The second-order valence-electron chi connectivity index (χ2n) is 12.0. The summed E-state index contributed by atoms with van der Waals surface area (Å²) >= 11 is 1.51. The minimum atomic E-state index is -1.06. The summed E-state index contributed by atoms with van der Waals surface area (Å²) < 4.78 is 13.2. The van der Waals surface area contributed by atoms with Crippen molar-refractivity contribution in [1.82, 2.24) is 4.98 Å². The number of pyridine rings is 1. The number of allylic oxidation sites excluding steroid dienone is 4. The van der Waals surface area contributed by atoms with Crippen LogP contribution < -0.4 is 0 Å². The number of aliphatic hydroxyl groups excluding tert-OH is 1. The van der Waals surface area contributed by atoms with E-state index in [4.69, 9.17) is 9.47 Å². The Bertz CT molecular complexity index is 1150. The number of ether oxygens (including phenoxy) is 2. The molecule has 1 aromatic rings. The number of hydrogen-bond donors (Lipinski definition) is 1. The molecule has 4 fully saturated rings. The molecule has 37 heavy (non-hydrogen) atoms. The van der Waals surface area contributed by atoms with E-state index in [0.29, 0.717) is 12.2 Å². The molecule has 7 heteroatoms. The van der Waals surface area contributed by atoms with Crippen molar-refractivity contribution in [3.63, 3.8) is 0 Å². The average molecular weight is 524 g/mol. The largest absolute Gasteiger partial charge is 0.393 e. The molecule has 1 N–H and O–H groups in total. The van der Waals surface area contributed by atoms with Crippen molar-refractivity contribution in [2.45, 2.75) is 88.3 Å². The summed E-state index contributed by atoms with van der Waals surface area (Å²) in [7, 11) is 0. The fraction of sp³-hybridized carbons (Fsp3) is 0.633. The number of carbonyl (C=O) groups excluding carboxylic acids is 2. The number of aromatic nitrogens is 1. The highest BCUT2D eigenvalue weighted by Gasteiger charge is 2.75. The maximum atomic E-state index is 14.2. The molecule has 0 spiro atoms. The van der Waals surface area contributed by atoms with Gasteiger partial charge in [-0.1, -0.05) is 38.8 Å². The Hall–Kier alpha value is -1.80. The summed E-state index contributed by atoms with van der Waals surface area (Å²) in [6.45, 7) is 6.46. The SMILES string of the molecule is CCC[C@@H]1O[C@@H]2CC3C4CCC5=CC(=O)C=CC5(C)C4[C@@H](O)CC3(C)[C@]2(C(=O)CSc2ccncc2)O1. The Morgan fingerprint density at radius 3 is 2.81 bits per heavy atom. The molecule has 0 aromatic carbocycles. The van der Waals surface area contributed by atoms with Crippen LogP contribution in [0.15, 0.2) is 53.2 Å². The lowest BCUT2D eigenvalue weighted by atomic mass is 9.46. The first-order valence-corrected chi connectivity index (χ1v) is 14.7. The van der Waals surface area contributed by atoms with Gasteiger partial charge in [0.05, 0.1) is 18.0 Å². The summed E-state index contributed by atoms with van der Waals surface area (Å²) in [5, 5.41) is 11.8. The van der Waals surface area contributed by atoms with Gasteiger partial charge in [-0.25, -0.2) is 0 Å². The molecule has 1 aliphatic heterocycles. The normalized spacial score (nSPS) is 44.0. The molecule has 6 nitrogen and oxygen atoms in total. The van der Waals surface area contributed by atoms with Gasteiger partial charge in [0.1, 0.15) is 0 Å². The van der Waals surface area contributed by atoms with E-state index in [-0.39, 0.29) is 47.1 Å². The van der Waals surface area contributed by atoms with Gasteiger partial charge in [0.15, 0.2) is 23.5 Å². The first-order valence-electron chi connectivity index (χ1n) is 13.7. The average Bonchev–Trinajstić information content (AvgIpc) is 3.35. The molecule has 3 saturated carbocycles. The highest BCUT2D eigenvalue weighted by molar-refractivity contribution is 8.00. The van der Waals surface area contributed by atoms with Gasteiger partial charge in [0.2, 0.25) is 0 Å². The number of aliphatic hydroxyl groups is 1. The van der Waals surface area contributed by atoms with Crippen molar-refractivity contribution in [3.05, 3.63) is 48.3 Å². The van der Waals surface area contributed by atoms with Crippen LogP contribution in [0.3, 0.4) is 0 Å². The van der Waals surface area contributed by atoms with Crippen LogP contribution in [0.4, 0.5) is 0 Å². The number of ketones is 2. The molecule has 0 radical (unpaired) electrons. The number of hydrogen-bond acceptors (Lipinski definition) is 7. The number of thioether (sulfide) groups is 1. The molecular weight excluding hydrogens is 486 g/mol. The third kappa shape index (κ3) is 3.68. The molecule has 5 unspecified atom stereocenters. The smallest absolute Gasteiger partial charge is 0.178 e. The minimum absolute atomic E-state index is 0.0125. The Labute approximate surface area is 223 Å². The summed E-state index contributed by atoms with van der Waals surface area (Å²) in [6.07, 6.45) is 12.4. The molecule has 1 saturated heterocycles. The summed E-state index contributed by atoms with van der Waals surface area (Å²) in [5.74, 6) is 0.848. The van der Waals surface area contributed by atoms with E-state index in [1.165, 1.54) is 11.8 Å². The summed E-state index contributed by atoms with van der Waals surface area (Å²) in [6, 6.07) is 3.84. The molecular formula is C30H37NO5S. The Morgan fingerprint density at radius 2 is 2.05 bits per heavy atom. The van der Waals surface area contributed by atoms with E-state index in [0.717, 1.165) is 42.6 Å². The van der Waals surface area contributed by atoms with Gasteiger partial charge in [-0.2, -0.15) is 0 Å².